The molecule has 4 rings (SSSR count). The Morgan fingerprint density at radius 3 is 2.42 bits per heavy atom. The Morgan fingerprint density at radius 2 is 1.74 bits per heavy atom. The van der Waals surface area contributed by atoms with Gasteiger partial charge in [0, 0.05) is 18.7 Å². The van der Waals surface area contributed by atoms with Crippen molar-refractivity contribution in [2.75, 3.05) is 6.54 Å². The SMILES string of the molecule is C[C@@H]1CC[C@H](NC(=O)C2(NC(=O)CCC3CCCCC3)CCCCC2)C(=O)CN1S(=O)(=O)c1ccccn1. The summed E-state index contributed by atoms with van der Waals surface area (Å²) in [6, 6.07) is 3.43. The second-order valence-electron chi connectivity index (χ2n) is 11.4. The van der Waals surface area contributed by atoms with Gasteiger partial charge >= 0.3 is 0 Å². The maximum atomic E-state index is 13.6. The van der Waals surface area contributed by atoms with E-state index in [1.54, 1.807) is 19.1 Å². The second-order valence-corrected chi connectivity index (χ2v) is 13.2. The zero-order valence-corrected chi connectivity index (χ0v) is 23.3. The summed E-state index contributed by atoms with van der Waals surface area (Å²) in [6.45, 7) is 1.44. The number of nitrogens with zero attached hydrogens (tertiary/aromatic N) is 2. The summed E-state index contributed by atoms with van der Waals surface area (Å²) >= 11 is 0. The minimum Gasteiger partial charge on any atom is -0.344 e. The molecule has 1 saturated heterocycles. The summed E-state index contributed by atoms with van der Waals surface area (Å²) in [5.41, 5.74) is -1.01. The summed E-state index contributed by atoms with van der Waals surface area (Å²) in [5, 5.41) is 5.90. The molecule has 0 spiro atoms. The van der Waals surface area contributed by atoms with Crippen molar-refractivity contribution < 1.29 is 22.8 Å². The highest BCUT2D eigenvalue weighted by molar-refractivity contribution is 7.89. The topological polar surface area (TPSA) is 126 Å². The number of Topliss-reactive ketones (excluding diaryl/α,β-unsaturated/α-hetero) is 1. The zero-order chi connectivity index (χ0) is 27.2. The molecule has 1 aromatic rings. The smallest absolute Gasteiger partial charge is 0.261 e. The number of hydrogen-bond acceptors (Lipinski definition) is 6. The van der Waals surface area contributed by atoms with Crippen molar-refractivity contribution in [2.45, 2.75) is 119 Å². The fraction of sp³-hybridized carbons (Fsp3) is 0.714. The average Bonchev–Trinajstić information content (AvgIpc) is 3.07. The molecule has 2 N–H and O–H groups in total. The van der Waals surface area contributed by atoms with Crippen molar-refractivity contribution in [3.05, 3.63) is 24.4 Å². The first kappa shape index (κ1) is 28.7. The van der Waals surface area contributed by atoms with Crippen LogP contribution in [0.4, 0.5) is 0 Å². The molecule has 2 atom stereocenters. The van der Waals surface area contributed by atoms with Gasteiger partial charge in [0.1, 0.15) is 5.54 Å². The van der Waals surface area contributed by atoms with Crippen LogP contribution in [0.1, 0.15) is 96.8 Å². The predicted octanol–water partition coefficient (Wildman–Crippen LogP) is 3.49. The number of carbonyl (C=O) groups is 3. The van der Waals surface area contributed by atoms with Gasteiger partial charge in [-0.2, -0.15) is 4.31 Å². The van der Waals surface area contributed by atoms with Crippen LogP contribution in [0.5, 0.6) is 0 Å². The summed E-state index contributed by atoms with van der Waals surface area (Å²) in [6.07, 6.45) is 13.3. The number of nitrogens with one attached hydrogen (secondary N) is 2. The minimum atomic E-state index is -3.95. The van der Waals surface area contributed by atoms with Crippen LogP contribution >= 0.6 is 0 Å². The Kier molecular flexibility index (Phi) is 9.57. The number of aromatic nitrogens is 1. The molecule has 0 radical (unpaired) electrons. The highest BCUT2D eigenvalue weighted by atomic mass is 32.2. The minimum absolute atomic E-state index is 0.0962. The summed E-state index contributed by atoms with van der Waals surface area (Å²) in [7, 11) is -3.95. The number of carbonyl (C=O) groups excluding carboxylic acids is 3. The van der Waals surface area contributed by atoms with E-state index in [2.05, 4.69) is 15.6 Å². The molecule has 0 aromatic carbocycles. The summed E-state index contributed by atoms with van der Waals surface area (Å²) in [5.74, 6) is -0.186. The maximum absolute atomic E-state index is 13.6. The molecule has 9 nitrogen and oxygen atoms in total. The van der Waals surface area contributed by atoms with Crippen molar-refractivity contribution in [2.24, 2.45) is 5.92 Å². The predicted molar refractivity (Wildman–Crippen MR) is 144 cm³/mol. The summed E-state index contributed by atoms with van der Waals surface area (Å²) < 4.78 is 27.6. The van der Waals surface area contributed by atoms with E-state index in [-0.39, 0.29) is 29.2 Å². The molecular formula is C28H42N4O5S. The van der Waals surface area contributed by atoms with Gasteiger partial charge < -0.3 is 10.6 Å². The monoisotopic (exact) mass is 546 g/mol. The standard InChI is InChI=1S/C28H42N4O5S/c1-21-13-15-23(24(33)20-32(21)38(36,37)26-12-6-9-19-29-26)30-27(35)28(17-7-3-8-18-28)31-25(34)16-14-22-10-4-2-5-11-22/h6,9,12,19,21-23H,2-5,7-8,10-11,13-18,20H2,1H3,(H,30,35)(H,31,34)/t21-,23+/m1/s1. The van der Waals surface area contributed by atoms with E-state index in [4.69, 9.17) is 0 Å². The van der Waals surface area contributed by atoms with Gasteiger partial charge in [-0.25, -0.2) is 13.4 Å². The van der Waals surface area contributed by atoms with Gasteiger partial charge in [0.2, 0.25) is 11.8 Å². The lowest BCUT2D eigenvalue weighted by molar-refractivity contribution is -0.137. The Labute approximate surface area is 226 Å². The fourth-order valence-electron chi connectivity index (χ4n) is 6.23. The van der Waals surface area contributed by atoms with Gasteiger partial charge in [0.05, 0.1) is 12.6 Å². The highest BCUT2D eigenvalue weighted by Crippen LogP contribution is 2.31. The molecule has 10 heteroatoms. The van der Waals surface area contributed by atoms with Crippen molar-refractivity contribution in [3.8, 4) is 0 Å². The zero-order valence-electron chi connectivity index (χ0n) is 22.5. The van der Waals surface area contributed by atoms with Crippen LogP contribution in [0.15, 0.2) is 29.4 Å². The van der Waals surface area contributed by atoms with Crippen molar-refractivity contribution in [1.29, 1.82) is 0 Å². The first-order chi connectivity index (χ1) is 18.2. The average molecular weight is 547 g/mol. The molecule has 0 unspecified atom stereocenters. The van der Waals surface area contributed by atoms with E-state index < -0.39 is 27.6 Å². The van der Waals surface area contributed by atoms with Crippen molar-refractivity contribution >= 4 is 27.6 Å². The third-order valence-electron chi connectivity index (χ3n) is 8.61. The van der Waals surface area contributed by atoms with Crippen molar-refractivity contribution in [1.82, 2.24) is 19.9 Å². The van der Waals surface area contributed by atoms with Crippen LogP contribution in [0, 0.1) is 5.92 Å². The molecule has 0 bridgehead atoms. The molecule has 2 heterocycles. The van der Waals surface area contributed by atoms with Gasteiger partial charge in [-0.1, -0.05) is 57.4 Å². The lowest BCUT2D eigenvalue weighted by atomic mass is 9.80. The van der Waals surface area contributed by atoms with E-state index >= 15 is 0 Å². The third-order valence-corrected chi connectivity index (χ3v) is 10.5. The van der Waals surface area contributed by atoms with Crippen LogP contribution in [0.2, 0.25) is 0 Å². The van der Waals surface area contributed by atoms with Gasteiger partial charge in [-0.15, -0.1) is 0 Å². The summed E-state index contributed by atoms with van der Waals surface area (Å²) in [4.78, 5) is 43.8. The molecule has 1 aromatic heterocycles. The molecule has 210 valence electrons. The lowest BCUT2D eigenvalue weighted by Gasteiger charge is -2.37. The molecule has 2 aliphatic carbocycles. The van der Waals surface area contributed by atoms with Gasteiger partial charge in [0.25, 0.3) is 10.0 Å². The Morgan fingerprint density at radius 1 is 1.03 bits per heavy atom. The number of amides is 2. The van der Waals surface area contributed by atoms with Gasteiger partial charge in [-0.3, -0.25) is 14.4 Å². The molecule has 2 saturated carbocycles. The number of sulfonamides is 1. The van der Waals surface area contributed by atoms with E-state index in [1.165, 1.54) is 48.7 Å². The van der Waals surface area contributed by atoms with Gasteiger partial charge in [-0.05, 0) is 57.1 Å². The number of rotatable bonds is 8. The fourth-order valence-corrected chi connectivity index (χ4v) is 7.79. The van der Waals surface area contributed by atoms with Crippen LogP contribution in [0.25, 0.3) is 0 Å². The Hall–Kier alpha value is -2.33. The number of pyridine rings is 1. The lowest BCUT2D eigenvalue weighted by Crippen LogP contribution is -2.62. The number of hydrogen-bond donors (Lipinski definition) is 2. The van der Waals surface area contributed by atoms with E-state index in [0.717, 1.165) is 25.7 Å². The van der Waals surface area contributed by atoms with E-state index in [9.17, 15) is 22.8 Å². The Bertz CT molecular complexity index is 1080. The second kappa shape index (κ2) is 12.7. The van der Waals surface area contributed by atoms with Gasteiger partial charge in [0.15, 0.2) is 10.8 Å². The van der Waals surface area contributed by atoms with Crippen LogP contribution in [-0.4, -0.2) is 59.5 Å². The normalized spacial score (nSPS) is 25.3. The maximum Gasteiger partial charge on any atom is 0.261 e. The van der Waals surface area contributed by atoms with E-state index in [0.29, 0.717) is 38.0 Å². The molecule has 3 aliphatic rings. The van der Waals surface area contributed by atoms with E-state index in [1.807, 2.05) is 0 Å². The molecule has 1 aliphatic heterocycles. The number of ketones is 1. The molecule has 3 fully saturated rings. The largest absolute Gasteiger partial charge is 0.344 e. The quantitative estimate of drug-likeness (QED) is 0.514. The Balaban J connectivity index is 1.41. The van der Waals surface area contributed by atoms with Crippen molar-refractivity contribution in [3.63, 3.8) is 0 Å². The molecular weight excluding hydrogens is 504 g/mol. The highest BCUT2D eigenvalue weighted by Gasteiger charge is 2.43. The molecule has 2 amide bonds. The first-order valence-electron chi connectivity index (χ1n) is 14.3. The molecule has 38 heavy (non-hydrogen) atoms. The first-order valence-corrected chi connectivity index (χ1v) is 15.7. The third kappa shape index (κ3) is 6.81. The van der Waals surface area contributed by atoms with Crippen LogP contribution < -0.4 is 10.6 Å². The van der Waals surface area contributed by atoms with Crippen LogP contribution in [0.3, 0.4) is 0 Å². The van der Waals surface area contributed by atoms with Crippen LogP contribution in [-0.2, 0) is 24.4 Å².